The molecule has 0 saturated heterocycles. The van der Waals surface area contributed by atoms with E-state index in [1.807, 2.05) is 19.1 Å². The molecule has 0 atom stereocenters. The summed E-state index contributed by atoms with van der Waals surface area (Å²) in [5.74, 6) is -0.813. The summed E-state index contributed by atoms with van der Waals surface area (Å²) < 4.78 is 14.2. The Hall–Kier alpha value is -2.16. The zero-order valence-corrected chi connectivity index (χ0v) is 12.7. The number of halogens is 1. The summed E-state index contributed by atoms with van der Waals surface area (Å²) in [4.78, 5) is 12.5. The topological polar surface area (TPSA) is 43.1 Å². The van der Waals surface area contributed by atoms with E-state index in [4.69, 9.17) is 5.73 Å². The standard InChI is InChI=1S/C18H20FNO/c1-4-12-6-7-14(9-13(12)5-2)18(21)16-10-15(20)8-11(3)17(16)19/h6-10H,4-5,20H2,1-3H3. The fourth-order valence-electron chi connectivity index (χ4n) is 2.56. The number of rotatable bonds is 4. The summed E-state index contributed by atoms with van der Waals surface area (Å²) in [6.07, 6.45) is 1.77. The van der Waals surface area contributed by atoms with Crippen molar-refractivity contribution in [2.45, 2.75) is 33.6 Å². The average molecular weight is 285 g/mol. The van der Waals surface area contributed by atoms with Gasteiger partial charge in [0.2, 0.25) is 0 Å². The van der Waals surface area contributed by atoms with Crippen LogP contribution in [0.5, 0.6) is 0 Å². The number of benzene rings is 2. The molecule has 0 spiro atoms. The SMILES string of the molecule is CCc1ccc(C(=O)c2cc(N)cc(C)c2F)cc1CC. The first-order chi connectivity index (χ1) is 9.97. The molecule has 2 aromatic carbocycles. The molecular weight excluding hydrogens is 265 g/mol. The van der Waals surface area contributed by atoms with Crippen LogP contribution < -0.4 is 5.73 Å². The van der Waals surface area contributed by atoms with Crippen LogP contribution in [0.2, 0.25) is 0 Å². The number of anilines is 1. The Labute approximate surface area is 124 Å². The van der Waals surface area contributed by atoms with Crippen molar-refractivity contribution in [3.8, 4) is 0 Å². The molecule has 2 aromatic rings. The zero-order valence-electron chi connectivity index (χ0n) is 12.7. The van der Waals surface area contributed by atoms with Crippen molar-refractivity contribution in [2.75, 3.05) is 5.73 Å². The normalized spacial score (nSPS) is 10.7. The Morgan fingerprint density at radius 3 is 2.38 bits per heavy atom. The summed E-state index contributed by atoms with van der Waals surface area (Å²) in [6, 6.07) is 8.51. The number of nitrogens with two attached hydrogens (primary N) is 1. The molecule has 0 saturated carbocycles. The van der Waals surface area contributed by atoms with Crippen molar-refractivity contribution in [1.82, 2.24) is 0 Å². The van der Waals surface area contributed by atoms with Crippen LogP contribution >= 0.6 is 0 Å². The second-order valence-corrected chi connectivity index (χ2v) is 5.22. The molecule has 2 nitrogen and oxygen atoms in total. The van der Waals surface area contributed by atoms with Gasteiger partial charge in [-0.1, -0.05) is 26.0 Å². The van der Waals surface area contributed by atoms with Gasteiger partial charge in [0, 0.05) is 11.3 Å². The number of nitrogen functional groups attached to an aromatic ring is 1. The average Bonchev–Trinajstić information content (AvgIpc) is 2.49. The van der Waals surface area contributed by atoms with E-state index < -0.39 is 5.82 Å². The lowest BCUT2D eigenvalue weighted by Gasteiger charge is -2.10. The molecule has 0 radical (unpaired) electrons. The zero-order chi connectivity index (χ0) is 15.6. The number of carbonyl (C=O) groups is 1. The van der Waals surface area contributed by atoms with Gasteiger partial charge in [0.1, 0.15) is 5.82 Å². The van der Waals surface area contributed by atoms with Crippen LogP contribution in [0.15, 0.2) is 30.3 Å². The predicted molar refractivity (Wildman–Crippen MR) is 84.2 cm³/mol. The first-order valence-electron chi connectivity index (χ1n) is 7.20. The molecule has 110 valence electrons. The van der Waals surface area contributed by atoms with Gasteiger partial charge >= 0.3 is 0 Å². The maximum Gasteiger partial charge on any atom is 0.196 e. The molecule has 2 rings (SSSR count). The summed E-state index contributed by atoms with van der Waals surface area (Å²) in [6.45, 7) is 5.74. The van der Waals surface area contributed by atoms with Crippen LogP contribution in [0.1, 0.15) is 46.5 Å². The Kier molecular flexibility index (Phi) is 4.41. The monoisotopic (exact) mass is 285 g/mol. The second kappa shape index (κ2) is 6.08. The van der Waals surface area contributed by atoms with Gasteiger partial charge in [0.15, 0.2) is 5.78 Å². The van der Waals surface area contributed by atoms with E-state index in [1.165, 1.54) is 17.7 Å². The Morgan fingerprint density at radius 2 is 1.76 bits per heavy atom. The highest BCUT2D eigenvalue weighted by molar-refractivity contribution is 6.09. The highest BCUT2D eigenvalue weighted by Crippen LogP contribution is 2.22. The van der Waals surface area contributed by atoms with E-state index in [2.05, 4.69) is 6.92 Å². The molecule has 2 N–H and O–H groups in total. The van der Waals surface area contributed by atoms with E-state index in [1.54, 1.807) is 13.0 Å². The third-order valence-electron chi connectivity index (χ3n) is 3.75. The van der Waals surface area contributed by atoms with Crippen LogP contribution in [0.3, 0.4) is 0 Å². The van der Waals surface area contributed by atoms with Crippen LogP contribution in [0.4, 0.5) is 10.1 Å². The van der Waals surface area contributed by atoms with E-state index in [-0.39, 0.29) is 11.3 Å². The molecule has 3 heteroatoms. The van der Waals surface area contributed by atoms with Gasteiger partial charge < -0.3 is 5.73 Å². The van der Waals surface area contributed by atoms with Crippen LogP contribution in [-0.4, -0.2) is 5.78 Å². The molecule has 21 heavy (non-hydrogen) atoms. The molecule has 0 aliphatic rings. The molecule has 0 unspecified atom stereocenters. The van der Waals surface area contributed by atoms with Crippen LogP contribution in [0.25, 0.3) is 0 Å². The first-order valence-corrected chi connectivity index (χ1v) is 7.20. The largest absolute Gasteiger partial charge is 0.399 e. The van der Waals surface area contributed by atoms with Gasteiger partial charge in [-0.25, -0.2) is 4.39 Å². The Morgan fingerprint density at radius 1 is 1.10 bits per heavy atom. The molecule has 0 bridgehead atoms. The van der Waals surface area contributed by atoms with Gasteiger partial charge in [0.05, 0.1) is 5.56 Å². The smallest absolute Gasteiger partial charge is 0.196 e. The lowest BCUT2D eigenvalue weighted by atomic mass is 9.95. The minimum atomic E-state index is -0.494. The van der Waals surface area contributed by atoms with E-state index >= 15 is 0 Å². The van der Waals surface area contributed by atoms with Crippen molar-refractivity contribution < 1.29 is 9.18 Å². The number of hydrogen-bond acceptors (Lipinski definition) is 2. The predicted octanol–water partition coefficient (Wildman–Crippen LogP) is 4.07. The summed E-state index contributed by atoms with van der Waals surface area (Å²) in [7, 11) is 0. The third kappa shape index (κ3) is 2.97. The highest BCUT2D eigenvalue weighted by Gasteiger charge is 2.17. The summed E-state index contributed by atoms with van der Waals surface area (Å²) in [5, 5.41) is 0. The summed E-state index contributed by atoms with van der Waals surface area (Å²) in [5.41, 5.74) is 9.41. The van der Waals surface area contributed by atoms with Crippen molar-refractivity contribution in [3.63, 3.8) is 0 Å². The number of ketones is 1. The van der Waals surface area contributed by atoms with Gasteiger partial charge in [0.25, 0.3) is 0 Å². The molecule has 0 aliphatic carbocycles. The fraction of sp³-hybridized carbons (Fsp3) is 0.278. The lowest BCUT2D eigenvalue weighted by molar-refractivity contribution is 0.103. The second-order valence-electron chi connectivity index (χ2n) is 5.22. The summed E-state index contributed by atoms with van der Waals surface area (Å²) >= 11 is 0. The molecule has 0 aliphatic heterocycles. The van der Waals surface area contributed by atoms with Gasteiger partial charge in [-0.15, -0.1) is 0 Å². The molecule has 0 fully saturated rings. The minimum absolute atomic E-state index is 0.0406. The van der Waals surface area contributed by atoms with Gasteiger partial charge in [-0.3, -0.25) is 4.79 Å². The molecule has 0 amide bonds. The van der Waals surface area contributed by atoms with Crippen molar-refractivity contribution >= 4 is 11.5 Å². The van der Waals surface area contributed by atoms with Crippen molar-refractivity contribution in [1.29, 1.82) is 0 Å². The molecular formula is C18H20FNO. The van der Waals surface area contributed by atoms with E-state index in [0.29, 0.717) is 16.8 Å². The number of carbonyl (C=O) groups excluding carboxylic acids is 1. The number of hydrogen-bond donors (Lipinski definition) is 1. The minimum Gasteiger partial charge on any atom is -0.399 e. The van der Waals surface area contributed by atoms with E-state index in [0.717, 1.165) is 18.4 Å². The number of aryl methyl sites for hydroxylation is 3. The maximum atomic E-state index is 14.2. The highest BCUT2D eigenvalue weighted by atomic mass is 19.1. The third-order valence-corrected chi connectivity index (χ3v) is 3.75. The quantitative estimate of drug-likeness (QED) is 0.679. The van der Waals surface area contributed by atoms with Crippen molar-refractivity contribution in [2.24, 2.45) is 0 Å². The van der Waals surface area contributed by atoms with Crippen LogP contribution in [-0.2, 0) is 12.8 Å². The van der Waals surface area contributed by atoms with E-state index in [9.17, 15) is 9.18 Å². The van der Waals surface area contributed by atoms with Crippen molar-refractivity contribution in [3.05, 3.63) is 64.0 Å². The van der Waals surface area contributed by atoms with Gasteiger partial charge in [-0.05, 0) is 54.7 Å². The Balaban J connectivity index is 2.50. The molecule has 0 aromatic heterocycles. The van der Waals surface area contributed by atoms with Crippen LogP contribution in [0, 0.1) is 12.7 Å². The molecule has 0 heterocycles. The maximum absolute atomic E-state index is 14.2. The first kappa shape index (κ1) is 15.2. The lowest BCUT2D eigenvalue weighted by Crippen LogP contribution is -2.08. The fourth-order valence-corrected chi connectivity index (χ4v) is 2.56. The Bertz CT molecular complexity index is 692. The van der Waals surface area contributed by atoms with Gasteiger partial charge in [-0.2, -0.15) is 0 Å².